The van der Waals surface area contributed by atoms with Crippen LogP contribution in [-0.4, -0.2) is 62.0 Å². The van der Waals surface area contributed by atoms with E-state index in [9.17, 15) is 0 Å². The number of benzene rings is 1. The summed E-state index contributed by atoms with van der Waals surface area (Å²) in [5.41, 5.74) is 7.12. The first-order valence-corrected chi connectivity index (χ1v) is 10.1. The van der Waals surface area contributed by atoms with Crippen LogP contribution < -0.4 is 11.1 Å². The topological polar surface area (TPSA) is 72.1 Å². The van der Waals surface area contributed by atoms with Crippen molar-refractivity contribution in [3.63, 3.8) is 0 Å². The van der Waals surface area contributed by atoms with Gasteiger partial charge in [-0.15, -0.1) is 0 Å². The van der Waals surface area contributed by atoms with Crippen LogP contribution >= 0.6 is 11.6 Å². The molecule has 0 aliphatic carbocycles. The van der Waals surface area contributed by atoms with E-state index >= 15 is 0 Å². The molecule has 2 heterocycles. The highest BCUT2D eigenvalue weighted by molar-refractivity contribution is 6.30. The lowest BCUT2D eigenvalue weighted by molar-refractivity contribution is -0.0967. The predicted octanol–water partition coefficient (Wildman–Crippen LogP) is 2.58. The van der Waals surface area contributed by atoms with Crippen LogP contribution in [-0.2, 0) is 9.47 Å². The Hall–Kier alpha value is -1.34. The molecule has 0 amide bonds. The number of hydrogen-bond acceptors (Lipinski definition) is 4. The van der Waals surface area contributed by atoms with Gasteiger partial charge in [0.1, 0.15) is 0 Å². The van der Waals surface area contributed by atoms with Gasteiger partial charge in [-0.05, 0) is 44.4 Å². The second-order valence-electron chi connectivity index (χ2n) is 7.89. The Morgan fingerprint density at radius 3 is 2.81 bits per heavy atom. The van der Waals surface area contributed by atoms with Gasteiger partial charge in [0.25, 0.3) is 0 Å². The van der Waals surface area contributed by atoms with Crippen LogP contribution in [0.4, 0.5) is 0 Å². The Labute approximate surface area is 167 Å². The van der Waals surface area contributed by atoms with E-state index in [0.29, 0.717) is 25.7 Å². The van der Waals surface area contributed by atoms with Crippen LogP contribution in [0.1, 0.15) is 38.3 Å². The number of halogens is 1. The highest BCUT2D eigenvalue weighted by Crippen LogP contribution is 2.28. The van der Waals surface area contributed by atoms with E-state index < -0.39 is 0 Å². The summed E-state index contributed by atoms with van der Waals surface area (Å²) in [7, 11) is 0. The number of morpholine rings is 1. The second-order valence-corrected chi connectivity index (χ2v) is 8.32. The molecule has 27 heavy (non-hydrogen) atoms. The predicted molar refractivity (Wildman–Crippen MR) is 109 cm³/mol. The first kappa shape index (κ1) is 20.4. The van der Waals surface area contributed by atoms with Crippen molar-refractivity contribution < 1.29 is 9.47 Å². The maximum atomic E-state index is 6.10. The number of rotatable bonds is 6. The van der Waals surface area contributed by atoms with Crippen LogP contribution in [0, 0.1) is 0 Å². The van der Waals surface area contributed by atoms with E-state index in [1.54, 1.807) is 0 Å². The molecule has 2 fully saturated rings. The molecule has 2 unspecified atom stereocenters. The minimum absolute atomic E-state index is 0.133. The summed E-state index contributed by atoms with van der Waals surface area (Å²) in [5.74, 6) is 0.469. The third-order valence-corrected chi connectivity index (χ3v) is 5.37. The molecule has 1 aromatic rings. The summed E-state index contributed by atoms with van der Waals surface area (Å²) >= 11 is 6.08. The zero-order valence-electron chi connectivity index (χ0n) is 16.3. The minimum atomic E-state index is -0.170. The summed E-state index contributed by atoms with van der Waals surface area (Å²) in [6, 6.07) is 8.13. The van der Waals surface area contributed by atoms with Gasteiger partial charge < -0.3 is 20.5 Å². The lowest BCUT2D eigenvalue weighted by atomic mass is 10.0. The molecule has 2 aliphatic heterocycles. The Morgan fingerprint density at radius 2 is 2.15 bits per heavy atom. The maximum absolute atomic E-state index is 6.10. The van der Waals surface area contributed by atoms with Gasteiger partial charge in [0.2, 0.25) is 0 Å². The first-order valence-electron chi connectivity index (χ1n) is 9.72. The molecular weight excluding hydrogens is 364 g/mol. The SMILES string of the molecule is CC1(C)CN(C(CN=C(N)NCC2CCCO2)c2ccc(Cl)cc2)CCO1. The van der Waals surface area contributed by atoms with Gasteiger partial charge in [0.05, 0.1) is 30.9 Å². The largest absolute Gasteiger partial charge is 0.376 e. The highest BCUT2D eigenvalue weighted by atomic mass is 35.5. The molecule has 2 saturated heterocycles. The van der Waals surface area contributed by atoms with E-state index in [2.05, 4.69) is 41.2 Å². The van der Waals surface area contributed by atoms with Crippen molar-refractivity contribution in [3.05, 3.63) is 34.9 Å². The van der Waals surface area contributed by atoms with E-state index in [1.807, 2.05) is 12.1 Å². The standard InChI is InChI=1S/C20H31ClN4O2/c1-20(2)14-25(9-11-27-20)18(15-5-7-16(21)8-6-15)13-24-19(22)23-12-17-4-3-10-26-17/h5-8,17-18H,3-4,9-14H2,1-2H3,(H3,22,23,24). The Balaban J connectivity index is 1.67. The van der Waals surface area contributed by atoms with Gasteiger partial charge in [-0.3, -0.25) is 9.89 Å². The first-order chi connectivity index (χ1) is 12.9. The van der Waals surface area contributed by atoms with E-state index in [4.69, 9.17) is 26.8 Å². The van der Waals surface area contributed by atoms with E-state index in [0.717, 1.165) is 37.6 Å². The van der Waals surface area contributed by atoms with Crippen molar-refractivity contribution in [2.75, 3.05) is 39.4 Å². The van der Waals surface area contributed by atoms with Crippen LogP contribution in [0.25, 0.3) is 0 Å². The Kier molecular flexibility index (Phi) is 6.98. The molecule has 0 aromatic heterocycles. The van der Waals surface area contributed by atoms with Crippen molar-refractivity contribution in [2.45, 2.75) is 44.4 Å². The number of nitrogens with zero attached hydrogens (tertiary/aromatic N) is 2. The highest BCUT2D eigenvalue weighted by Gasteiger charge is 2.32. The van der Waals surface area contributed by atoms with Crippen LogP contribution in [0.5, 0.6) is 0 Å². The fourth-order valence-electron chi connectivity index (χ4n) is 3.70. The Bertz CT molecular complexity index is 629. The molecule has 150 valence electrons. The summed E-state index contributed by atoms with van der Waals surface area (Å²) in [6.07, 6.45) is 2.44. The zero-order valence-corrected chi connectivity index (χ0v) is 17.0. The molecule has 3 rings (SSSR count). The van der Waals surface area contributed by atoms with Gasteiger partial charge in [0.15, 0.2) is 5.96 Å². The molecule has 2 atom stereocenters. The number of guanidine groups is 1. The zero-order chi connectivity index (χ0) is 19.3. The molecule has 3 N–H and O–H groups in total. The summed E-state index contributed by atoms with van der Waals surface area (Å²) in [6.45, 7) is 8.82. The molecular formula is C20H31ClN4O2. The minimum Gasteiger partial charge on any atom is -0.376 e. The second kappa shape index (κ2) is 9.24. The van der Waals surface area contributed by atoms with Crippen LogP contribution in [0.3, 0.4) is 0 Å². The van der Waals surface area contributed by atoms with Gasteiger partial charge >= 0.3 is 0 Å². The number of nitrogens with two attached hydrogens (primary N) is 1. The fraction of sp³-hybridized carbons (Fsp3) is 0.650. The van der Waals surface area contributed by atoms with E-state index in [1.165, 1.54) is 5.56 Å². The number of hydrogen-bond donors (Lipinski definition) is 2. The molecule has 0 bridgehead atoms. The molecule has 2 aliphatic rings. The fourth-order valence-corrected chi connectivity index (χ4v) is 3.83. The molecule has 7 heteroatoms. The smallest absolute Gasteiger partial charge is 0.188 e. The monoisotopic (exact) mass is 394 g/mol. The molecule has 1 aromatic carbocycles. The van der Waals surface area contributed by atoms with E-state index in [-0.39, 0.29) is 17.7 Å². The third-order valence-electron chi connectivity index (χ3n) is 5.12. The van der Waals surface area contributed by atoms with Crippen LogP contribution in [0.2, 0.25) is 5.02 Å². The van der Waals surface area contributed by atoms with Crippen molar-refractivity contribution in [1.29, 1.82) is 0 Å². The summed E-state index contributed by atoms with van der Waals surface area (Å²) in [4.78, 5) is 7.04. The van der Waals surface area contributed by atoms with Gasteiger partial charge in [-0.25, -0.2) is 0 Å². The van der Waals surface area contributed by atoms with Crippen molar-refractivity contribution >= 4 is 17.6 Å². The molecule has 0 spiro atoms. The molecule has 0 saturated carbocycles. The average Bonchev–Trinajstić information content (AvgIpc) is 3.14. The molecule has 0 radical (unpaired) electrons. The maximum Gasteiger partial charge on any atom is 0.188 e. The Morgan fingerprint density at radius 1 is 1.37 bits per heavy atom. The van der Waals surface area contributed by atoms with Crippen molar-refractivity contribution in [3.8, 4) is 0 Å². The van der Waals surface area contributed by atoms with Crippen molar-refractivity contribution in [1.82, 2.24) is 10.2 Å². The lowest BCUT2D eigenvalue weighted by Crippen LogP contribution is -2.50. The van der Waals surface area contributed by atoms with Crippen LogP contribution in [0.15, 0.2) is 29.3 Å². The number of nitrogens with one attached hydrogen (secondary N) is 1. The third kappa shape index (κ3) is 6.07. The molecule has 6 nitrogen and oxygen atoms in total. The van der Waals surface area contributed by atoms with Crippen molar-refractivity contribution in [2.24, 2.45) is 10.7 Å². The van der Waals surface area contributed by atoms with Gasteiger partial charge in [0, 0.05) is 31.3 Å². The summed E-state index contributed by atoms with van der Waals surface area (Å²) in [5, 5.41) is 3.94. The lowest BCUT2D eigenvalue weighted by Gasteiger charge is -2.42. The summed E-state index contributed by atoms with van der Waals surface area (Å²) < 4.78 is 11.5. The normalized spacial score (nSPS) is 24.7. The van der Waals surface area contributed by atoms with Gasteiger partial charge in [-0.2, -0.15) is 0 Å². The average molecular weight is 395 g/mol. The quantitative estimate of drug-likeness (QED) is 0.573. The van der Waals surface area contributed by atoms with Gasteiger partial charge in [-0.1, -0.05) is 23.7 Å². The number of ether oxygens (including phenoxy) is 2. The number of aliphatic imine (C=N–C) groups is 1.